The fourth-order valence-corrected chi connectivity index (χ4v) is 3.95. The van der Waals surface area contributed by atoms with Gasteiger partial charge in [0.05, 0.1) is 17.6 Å². The largest absolute Gasteiger partial charge is 0.466 e. The lowest BCUT2D eigenvalue weighted by Crippen LogP contribution is -2.55. The molecule has 0 N–H and O–H groups in total. The molecule has 1 aliphatic heterocycles. The zero-order chi connectivity index (χ0) is 21.6. The Hall–Kier alpha value is -3.55. The molecule has 0 radical (unpaired) electrons. The second-order valence-electron chi connectivity index (χ2n) is 7.74. The zero-order valence-corrected chi connectivity index (χ0v) is 16.8. The molecule has 1 fully saturated rings. The molecule has 6 nitrogen and oxygen atoms in total. The number of amides is 1. The number of pyridine rings is 2. The number of para-hydroxylation sites is 1. The number of aromatic nitrogens is 3. The van der Waals surface area contributed by atoms with Gasteiger partial charge in [0.15, 0.2) is 6.10 Å². The summed E-state index contributed by atoms with van der Waals surface area (Å²) < 4.78 is 36.7. The SMILES string of the molecule is Cc1cccc2ccc(O[C@H]3CN(C(=O)c4cccn5ccnc45)CCC3(F)F)nc12. The van der Waals surface area contributed by atoms with Crippen LogP contribution in [-0.4, -0.2) is 50.3 Å². The fourth-order valence-electron chi connectivity index (χ4n) is 3.95. The predicted molar refractivity (Wildman–Crippen MR) is 112 cm³/mol. The number of nitrogens with zero attached hydrogens (tertiary/aromatic N) is 4. The predicted octanol–water partition coefficient (Wildman–Crippen LogP) is 4.12. The van der Waals surface area contributed by atoms with E-state index in [-0.39, 0.29) is 24.9 Å². The Morgan fingerprint density at radius 2 is 2.03 bits per heavy atom. The van der Waals surface area contributed by atoms with Crippen LogP contribution in [0.1, 0.15) is 22.3 Å². The van der Waals surface area contributed by atoms with E-state index in [4.69, 9.17) is 4.74 Å². The number of alkyl halides is 2. The maximum Gasteiger partial charge on any atom is 0.287 e. The Kier molecular flexibility index (Phi) is 4.57. The quantitative estimate of drug-likeness (QED) is 0.498. The molecule has 0 saturated carbocycles. The third-order valence-electron chi connectivity index (χ3n) is 5.67. The summed E-state index contributed by atoms with van der Waals surface area (Å²) in [6.45, 7) is 1.61. The molecule has 0 aliphatic carbocycles. The first kappa shape index (κ1) is 19.4. The first-order valence-corrected chi connectivity index (χ1v) is 10.0. The van der Waals surface area contributed by atoms with Crippen LogP contribution in [-0.2, 0) is 0 Å². The summed E-state index contributed by atoms with van der Waals surface area (Å²) in [5, 5.41) is 0.910. The number of piperidine rings is 1. The van der Waals surface area contributed by atoms with Crippen molar-refractivity contribution in [2.24, 2.45) is 0 Å². The number of halogens is 2. The summed E-state index contributed by atoms with van der Waals surface area (Å²) in [6.07, 6.45) is 3.14. The van der Waals surface area contributed by atoms with Crippen molar-refractivity contribution in [3.8, 4) is 5.88 Å². The second-order valence-corrected chi connectivity index (χ2v) is 7.74. The van der Waals surface area contributed by atoms with Gasteiger partial charge >= 0.3 is 0 Å². The van der Waals surface area contributed by atoms with Gasteiger partial charge in [0.2, 0.25) is 5.88 Å². The van der Waals surface area contributed by atoms with Crippen molar-refractivity contribution in [3.05, 3.63) is 72.2 Å². The maximum absolute atomic E-state index is 14.7. The molecule has 0 bridgehead atoms. The molecule has 0 spiro atoms. The average Bonchev–Trinajstić information content (AvgIpc) is 3.24. The maximum atomic E-state index is 14.7. The molecule has 3 aromatic heterocycles. The van der Waals surface area contributed by atoms with Crippen LogP contribution in [0.3, 0.4) is 0 Å². The van der Waals surface area contributed by atoms with Crippen molar-refractivity contribution < 1.29 is 18.3 Å². The van der Waals surface area contributed by atoms with E-state index in [1.807, 2.05) is 25.1 Å². The molecule has 1 aliphatic rings. The lowest BCUT2D eigenvalue weighted by atomic mass is 10.0. The molecule has 5 rings (SSSR count). The Morgan fingerprint density at radius 1 is 1.16 bits per heavy atom. The van der Waals surface area contributed by atoms with E-state index in [2.05, 4.69) is 9.97 Å². The summed E-state index contributed by atoms with van der Waals surface area (Å²) in [7, 11) is 0. The van der Waals surface area contributed by atoms with E-state index in [0.717, 1.165) is 10.9 Å². The normalized spacial score (nSPS) is 18.4. The summed E-state index contributed by atoms with van der Waals surface area (Å²) in [6, 6.07) is 12.5. The van der Waals surface area contributed by atoms with Gasteiger partial charge in [-0.3, -0.25) is 4.79 Å². The zero-order valence-electron chi connectivity index (χ0n) is 16.8. The second kappa shape index (κ2) is 7.30. The van der Waals surface area contributed by atoms with Crippen LogP contribution in [0.5, 0.6) is 5.88 Å². The van der Waals surface area contributed by atoms with Crippen molar-refractivity contribution in [2.75, 3.05) is 13.1 Å². The Morgan fingerprint density at radius 3 is 2.90 bits per heavy atom. The Bertz CT molecular complexity index is 1290. The molecule has 1 aromatic carbocycles. The van der Waals surface area contributed by atoms with Crippen molar-refractivity contribution in [1.29, 1.82) is 0 Å². The van der Waals surface area contributed by atoms with E-state index in [0.29, 0.717) is 16.7 Å². The van der Waals surface area contributed by atoms with Crippen molar-refractivity contribution in [3.63, 3.8) is 0 Å². The van der Waals surface area contributed by atoms with E-state index >= 15 is 0 Å². The van der Waals surface area contributed by atoms with Crippen LogP contribution in [0, 0.1) is 6.92 Å². The van der Waals surface area contributed by atoms with Crippen molar-refractivity contribution in [2.45, 2.75) is 25.4 Å². The summed E-state index contributed by atoms with van der Waals surface area (Å²) in [5.74, 6) is -3.29. The fraction of sp³-hybridized carbons (Fsp3) is 0.261. The number of aryl methyl sites for hydroxylation is 1. The molecule has 4 aromatic rings. The number of carbonyl (C=O) groups is 1. The number of ether oxygens (including phenoxy) is 1. The molecular formula is C23H20F2N4O2. The van der Waals surface area contributed by atoms with Gasteiger partial charge in [0.1, 0.15) is 5.65 Å². The molecule has 0 unspecified atom stereocenters. The molecule has 158 valence electrons. The third-order valence-corrected chi connectivity index (χ3v) is 5.67. The van der Waals surface area contributed by atoms with Gasteiger partial charge in [-0.1, -0.05) is 18.2 Å². The minimum atomic E-state index is -3.07. The number of benzene rings is 1. The highest BCUT2D eigenvalue weighted by molar-refractivity contribution is 5.99. The number of carbonyl (C=O) groups excluding carboxylic acids is 1. The number of imidazole rings is 1. The van der Waals surface area contributed by atoms with Crippen LogP contribution in [0.2, 0.25) is 0 Å². The van der Waals surface area contributed by atoms with Gasteiger partial charge in [-0.05, 0) is 30.7 Å². The van der Waals surface area contributed by atoms with E-state index in [1.165, 1.54) is 4.90 Å². The number of fused-ring (bicyclic) bond motifs is 2. The topological polar surface area (TPSA) is 59.7 Å². The monoisotopic (exact) mass is 422 g/mol. The number of rotatable bonds is 3. The molecule has 1 amide bonds. The minimum absolute atomic E-state index is 0.0578. The summed E-state index contributed by atoms with van der Waals surface area (Å²) in [4.78, 5) is 23.1. The van der Waals surface area contributed by atoms with Crippen LogP contribution >= 0.6 is 0 Å². The van der Waals surface area contributed by atoms with Crippen LogP contribution in [0.15, 0.2) is 61.1 Å². The van der Waals surface area contributed by atoms with E-state index in [1.54, 1.807) is 47.3 Å². The highest BCUT2D eigenvalue weighted by Crippen LogP contribution is 2.33. The molecule has 4 heterocycles. The first-order valence-electron chi connectivity index (χ1n) is 10.0. The third kappa shape index (κ3) is 3.48. The standard InChI is InChI=1S/C23H20F2N4O2/c1-15-4-2-5-16-7-8-19(27-20(15)16)31-18-14-29(12-9-23(18,24)25)22(30)17-6-3-11-28-13-10-26-21(17)28/h2-8,10-11,13,18H,9,12,14H2,1H3/t18-/m0/s1. The van der Waals surface area contributed by atoms with Gasteiger partial charge < -0.3 is 14.0 Å². The summed E-state index contributed by atoms with van der Waals surface area (Å²) in [5.41, 5.74) is 2.51. The average molecular weight is 422 g/mol. The highest BCUT2D eigenvalue weighted by atomic mass is 19.3. The summed E-state index contributed by atoms with van der Waals surface area (Å²) >= 11 is 0. The lowest BCUT2D eigenvalue weighted by Gasteiger charge is -2.38. The Balaban J connectivity index is 1.41. The molecule has 31 heavy (non-hydrogen) atoms. The molecule has 1 atom stereocenters. The van der Waals surface area contributed by atoms with Gasteiger partial charge in [-0.15, -0.1) is 0 Å². The van der Waals surface area contributed by atoms with Crippen LogP contribution in [0.25, 0.3) is 16.6 Å². The van der Waals surface area contributed by atoms with E-state index < -0.39 is 18.4 Å². The highest BCUT2D eigenvalue weighted by Gasteiger charge is 2.47. The van der Waals surface area contributed by atoms with Crippen molar-refractivity contribution >= 4 is 22.5 Å². The van der Waals surface area contributed by atoms with Crippen LogP contribution < -0.4 is 4.74 Å². The smallest absolute Gasteiger partial charge is 0.287 e. The minimum Gasteiger partial charge on any atom is -0.466 e. The van der Waals surface area contributed by atoms with Gasteiger partial charge in [-0.25, -0.2) is 18.7 Å². The van der Waals surface area contributed by atoms with E-state index in [9.17, 15) is 13.6 Å². The number of likely N-dealkylation sites (tertiary alicyclic amines) is 1. The molecular weight excluding hydrogens is 402 g/mol. The van der Waals surface area contributed by atoms with Gasteiger partial charge in [0, 0.05) is 43.0 Å². The molecule has 1 saturated heterocycles. The number of hydrogen-bond donors (Lipinski definition) is 0. The van der Waals surface area contributed by atoms with Gasteiger partial charge in [-0.2, -0.15) is 0 Å². The lowest BCUT2D eigenvalue weighted by molar-refractivity contribution is -0.131. The van der Waals surface area contributed by atoms with Gasteiger partial charge in [0.25, 0.3) is 11.8 Å². The van der Waals surface area contributed by atoms with Crippen molar-refractivity contribution in [1.82, 2.24) is 19.3 Å². The first-order chi connectivity index (χ1) is 14.9. The van der Waals surface area contributed by atoms with Crippen LogP contribution in [0.4, 0.5) is 8.78 Å². The number of hydrogen-bond acceptors (Lipinski definition) is 4. The molecule has 8 heteroatoms. The Labute approximate surface area is 177 Å².